The maximum Gasteiger partial charge on any atom is 0.339 e. The molecule has 2 aromatic carbocycles. The molecule has 0 fully saturated rings. The van der Waals surface area contributed by atoms with Crippen molar-refractivity contribution in [2.24, 2.45) is 0 Å². The van der Waals surface area contributed by atoms with Crippen molar-refractivity contribution in [3.8, 4) is 22.7 Å². The summed E-state index contributed by atoms with van der Waals surface area (Å²) < 4.78 is 5.99. The van der Waals surface area contributed by atoms with Crippen LogP contribution >= 0.6 is 15.9 Å². The second-order valence-corrected chi connectivity index (χ2v) is 5.60. The number of nitrogens with zero attached hydrogens (tertiary/aromatic N) is 2. The molecule has 0 atom stereocenters. The van der Waals surface area contributed by atoms with Gasteiger partial charge in [0.1, 0.15) is 0 Å². The standard InChI is InChI=1S/C16H9BrN2O4/c17-12-6-4-10(5-7-12)14-9-15(20)23-16(18-14)11-2-1-3-13(8-11)19(21)22/h1-9H. The second-order valence-electron chi connectivity index (χ2n) is 4.68. The van der Waals surface area contributed by atoms with E-state index in [9.17, 15) is 14.9 Å². The van der Waals surface area contributed by atoms with E-state index in [0.29, 0.717) is 11.3 Å². The predicted octanol–water partition coefficient (Wildman–Crippen LogP) is 4.04. The van der Waals surface area contributed by atoms with E-state index in [0.717, 1.165) is 10.0 Å². The molecule has 0 aliphatic heterocycles. The molecule has 23 heavy (non-hydrogen) atoms. The number of hydrogen-bond acceptors (Lipinski definition) is 5. The number of nitro benzene ring substituents is 1. The van der Waals surface area contributed by atoms with Crippen LogP contribution in [0.4, 0.5) is 5.69 Å². The minimum Gasteiger partial charge on any atom is -0.404 e. The van der Waals surface area contributed by atoms with Crippen molar-refractivity contribution in [3.05, 3.63) is 79.6 Å². The third-order valence-electron chi connectivity index (χ3n) is 3.12. The lowest BCUT2D eigenvalue weighted by molar-refractivity contribution is -0.384. The summed E-state index contributed by atoms with van der Waals surface area (Å²) in [7, 11) is 0. The SMILES string of the molecule is O=c1cc(-c2ccc(Br)cc2)nc(-c2cccc([N+](=O)[O-])c2)o1. The zero-order chi connectivity index (χ0) is 16.4. The molecule has 1 aromatic heterocycles. The van der Waals surface area contributed by atoms with Crippen LogP contribution in [0.1, 0.15) is 0 Å². The van der Waals surface area contributed by atoms with E-state index in [1.807, 2.05) is 24.3 Å². The third-order valence-corrected chi connectivity index (χ3v) is 3.65. The Bertz CT molecular complexity index is 935. The summed E-state index contributed by atoms with van der Waals surface area (Å²) in [4.78, 5) is 26.4. The van der Waals surface area contributed by atoms with Gasteiger partial charge in [-0.15, -0.1) is 0 Å². The normalized spacial score (nSPS) is 10.5. The number of non-ortho nitro benzene ring substituents is 1. The number of hydrogen-bond donors (Lipinski definition) is 0. The molecule has 0 unspecified atom stereocenters. The minimum atomic E-state index is -0.570. The van der Waals surface area contributed by atoms with Gasteiger partial charge in [-0.3, -0.25) is 10.1 Å². The molecule has 0 aliphatic carbocycles. The minimum absolute atomic E-state index is 0.0409. The van der Waals surface area contributed by atoms with Crippen molar-refractivity contribution in [2.45, 2.75) is 0 Å². The average molecular weight is 373 g/mol. The van der Waals surface area contributed by atoms with Gasteiger partial charge in [0.05, 0.1) is 16.7 Å². The Morgan fingerprint density at radius 1 is 1.04 bits per heavy atom. The van der Waals surface area contributed by atoms with Gasteiger partial charge < -0.3 is 4.42 Å². The first-order chi connectivity index (χ1) is 11.0. The van der Waals surface area contributed by atoms with Crippen molar-refractivity contribution in [3.63, 3.8) is 0 Å². The second kappa shape index (κ2) is 6.13. The fraction of sp³-hybridized carbons (Fsp3) is 0. The Labute approximate surface area is 138 Å². The Kier molecular flexibility index (Phi) is 4.03. The van der Waals surface area contributed by atoms with Gasteiger partial charge in [0.2, 0.25) is 5.89 Å². The number of aromatic nitrogens is 1. The lowest BCUT2D eigenvalue weighted by Crippen LogP contribution is -2.02. The molecule has 0 amide bonds. The van der Waals surface area contributed by atoms with Crippen molar-refractivity contribution < 1.29 is 9.34 Å². The van der Waals surface area contributed by atoms with Gasteiger partial charge in [-0.1, -0.05) is 34.1 Å². The molecule has 3 aromatic rings. The highest BCUT2D eigenvalue weighted by molar-refractivity contribution is 9.10. The number of nitro groups is 1. The molecular weight excluding hydrogens is 364 g/mol. The monoisotopic (exact) mass is 372 g/mol. The van der Waals surface area contributed by atoms with Crippen LogP contribution < -0.4 is 5.63 Å². The smallest absolute Gasteiger partial charge is 0.339 e. The first-order valence-corrected chi connectivity index (χ1v) is 7.35. The van der Waals surface area contributed by atoms with E-state index < -0.39 is 10.5 Å². The average Bonchev–Trinajstić information content (AvgIpc) is 2.55. The van der Waals surface area contributed by atoms with Crippen molar-refractivity contribution in [2.75, 3.05) is 0 Å². The van der Waals surface area contributed by atoms with E-state index in [4.69, 9.17) is 4.42 Å². The van der Waals surface area contributed by atoms with E-state index in [-0.39, 0.29) is 11.6 Å². The van der Waals surface area contributed by atoms with Gasteiger partial charge in [-0.25, -0.2) is 9.78 Å². The van der Waals surface area contributed by atoms with Crippen LogP contribution in [0.5, 0.6) is 0 Å². The van der Waals surface area contributed by atoms with Crippen LogP contribution in [0.25, 0.3) is 22.7 Å². The zero-order valence-electron chi connectivity index (χ0n) is 11.6. The van der Waals surface area contributed by atoms with Crippen molar-refractivity contribution >= 4 is 21.6 Å². The lowest BCUT2D eigenvalue weighted by Gasteiger charge is -2.04. The zero-order valence-corrected chi connectivity index (χ0v) is 13.2. The molecule has 114 valence electrons. The molecule has 0 N–H and O–H groups in total. The van der Waals surface area contributed by atoms with E-state index in [2.05, 4.69) is 20.9 Å². The van der Waals surface area contributed by atoms with Gasteiger partial charge in [0, 0.05) is 27.7 Å². The third kappa shape index (κ3) is 3.35. The fourth-order valence-corrected chi connectivity index (χ4v) is 2.31. The highest BCUT2D eigenvalue weighted by Crippen LogP contribution is 2.24. The maximum absolute atomic E-state index is 11.8. The summed E-state index contributed by atoms with van der Waals surface area (Å²) in [5.41, 5.74) is 0.888. The largest absolute Gasteiger partial charge is 0.404 e. The maximum atomic E-state index is 11.8. The van der Waals surface area contributed by atoms with Gasteiger partial charge in [0.15, 0.2) is 0 Å². The topological polar surface area (TPSA) is 86.2 Å². The Hall–Kier alpha value is -2.80. The Morgan fingerprint density at radius 3 is 2.48 bits per heavy atom. The quantitative estimate of drug-likeness (QED) is 0.511. The first-order valence-electron chi connectivity index (χ1n) is 6.56. The molecule has 0 saturated carbocycles. The Balaban J connectivity index is 2.11. The molecule has 0 spiro atoms. The molecule has 0 saturated heterocycles. The molecule has 3 rings (SSSR count). The molecule has 7 heteroatoms. The molecule has 0 aliphatic rings. The molecule has 6 nitrogen and oxygen atoms in total. The summed E-state index contributed by atoms with van der Waals surface area (Å²) in [5.74, 6) is 0.0409. The predicted molar refractivity (Wildman–Crippen MR) is 88.0 cm³/mol. The number of rotatable bonds is 3. The fourth-order valence-electron chi connectivity index (χ4n) is 2.05. The molecule has 1 heterocycles. The summed E-state index contributed by atoms with van der Waals surface area (Å²) in [6, 6.07) is 14.4. The summed E-state index contributed by atoms with van der Waals surface area (Å²) >= 11 is 3.34. The van der Waals surface area contributed by atoms with Gasteiger partial charge in [-0.05, 0) is 18.2 Å². The van der Waals surface area contributed by atoms with Crippen LogP contribution in [0, 0.1) is 10.1 Å². The van der Waals surface area contributed by atoms with Gasteiger partial charge in [0.25, 0.3) is 5.69 Å². The van der Waals surface area contributed by atoms with Crippen LogP contribution in [0.3, 0.4) is 0 Å². The van der Waals surface area contributed by atoms with E-state index >= 15 is 0 Å². The van der Waals surface area contributed by atoms with Crippen LogP contribution in [-0.4, -0.2) is 9.91 Å². The number of halogens is 1. The molecule has 0 bridgehead atoms. The Morgan fingerprint density at radius 2 is 1.78 bits per heavy atom. The van der Waals surface area contributed by atoms with Crippen molar-refractivity contribution in [1.82, 2.24) is 4.98 Å². The van der Waals surface area contributed by atoms with Crippen molar-refractivity contribution in [1.29, 1.82) is 0 Å². The van der Waals surface area contributed by atoms with E-state index in [1.54, 1.807) is 6.07 Å². The van der Waals surface area contributed by atoms with Crippen LogP contribution in [0.2, 0.25) is 0 Å². The molecular formula is C16H9BrN2O4. The number of benzene rings is 2. The van der Waals surface area contributed by atoms with Gasteiger partial charge >= 0.3 is 5.63 Å². The highest BCUT2D eigenvalue weighted by Gasteiger charge is 2.12. The van der Waals surface area contributed by atoms with Crippen LogP contribution in [0.15, 0.2) is 68.3 Å². The highest BCUT2D eigenvalue weighted by atomic mass is 79.9. The van der Waals surface area contributed by atoms with Gasteiger partial charge in [-0.2, -0.15) is 0 Å². The molecule has 0 radical (unpaired) electrons. The lowest BCUT2D eigenvalue weighted by atomic mass is 10.1. The summed E-state index contributed by atoms with van der Waals surface area (Å²) in [5, 5.41) is 10.9. The summed E-state index contributed by atoms with van der Waals surface area (Å²) in [6.45, 7) is 0. The summed E-state index contributed by atoms with van der Waals surface area (Å²) in [6.07, 6.45) is 0. The van der Waals surface area contributed by atoms with E-state index in [1.165, 1.54) is 24.3 Å². The van der Waals surface area contributed by atoms with Crippen LogP contribution in [-0.2, 0) is 0 Å². The first kappa shape index (κ1) is 15.1.